The van der Waals surface area contributed by atoms with Crippen molar-refractivity contribution in [1.82, 2.24) is 0 Å². The number of rotatable bonds is 1. The standard InChI is InChI=1S/C5H9S2/c1-2-5-6-3-4-7-5/h5H,1-4H2. The molecule has 0 amide bonds. The van der Waals surface area contributed by atoms with Crippen LogP contribution in [0.2, 0.25) is 0 Å². The maximum atomic E-state index is 3.83. The van der Waals surface area contributed by atoms with Crippen molar-refractivity contribution in [2.75, 3.05) is 11.5 Å². The Morgan fingerprint density at radius 3 is 2.29 bits per heavy atom. The summed E-state index contributed by atoms with van der Waals surface area (Å²) in [5, 5.41) is 0. The minimum Gasteiger partial charge on any atom is -0.147 e. The van der Waals surface area contributed by atoms with Crippen molar-refractivity contribution < 1.29 is 0 Å². The van der Waals surface area contributed by atoms with Gasteiger partial charge in [-0.2, -0.15) is 0 Å². The van der Waals surface area contributed by atoms with E-state index in [1.807, 2.05) is 23.5 Å². The molecule has 1 fully saturated rings. The molecule has 0 atom stereocenters. The van der Waals surface area contributed by atoms with E-state index in [4.69, 9.17) is 0 Å². The van der Waals surface area contributed by atoms with Gasteiger partial charge in [0.2, 0.25) is 0 Å². The first kappa shape index (κ1) is 5.83. The smallest absolute Gasteiger partial charge is 0.0503 e. The van der Waals surface area contributed by atoms with Crippen LogP contribution >= 0.6 is 23.5 Å². The molecule has 2 heteroatoms. The molecule has 1 radical (unpaired) electrons. The Bertz CT molecular complexity index is 48.0. The normalized spacial score (nSPS) is 23.6. The molecule has 7 heavy (non-hydrogen) atoms. The van der Waals surface area contributed by atoms with E-state index < -0.39 is 0 Å². The molecule has 0 N–H and O–H groups in total. The van der Waals surface area contributed by atoms with Gasteiger partial charge in [-0.15, -0.1) is 23.5 Å². The van der Waals surface area contributed by atoms with Gasteiger partial charge in [0.1, 0.15) is 0 Å². The van der Waals surface area contributed by atoms with Crippen LogP contribution in [0.4, 0.5) is 0 Å². The van der Waals surface area contributed by atoms with Gasteiger partial charge in [0, 0.05) is 11.5 Å². The molecule has 1 heterocycles. The van der Waals surface area contributed by atoms with Crippen LogP contribution in [0.5, 0.6) is 0 Å². The second kappa shape index (κ2) is 2.88. The first-order chi connectivity index (χ1) is 3.43. The van der Waals surface area contributed by atoms with Crippen molar-refractivity contribution in [3.63, 3.8) is 0 Å². The van der Waals surface area contributed by atoms with E-state index >= 15 is 0 Å². The van der Waals surface area contributed by atoms with Gasteiger partial charge in [-0.3, -0.25) is 0 Å². The Hall–Kier alpha value is 0.700. The topological polar surface area (TPSA) is 0 Å². The Morgan fingerprint density at radius 1 is 1.43 bits per heavy atom. The van der Waals surface area contributed by atoms with Crippen LogP contribution in [-0.2, 0) is 0 Å². The Labute approximate surface area is 53.4 Å². The molecule has 1 saturated heterocycles. The third kappa shape index (κ3) is 1.57. The summed E-state index contributed by atoms with van der Waals surface area (Å²) in [6, 6.07) is 0. The predicted molar refractivity (Wildman–Crippen MR) is 38.7 cm³/mol. The van der Waals surface area contributed by atoms with E-state index in [1.54, 1.807) is 0 Å². The maximum absolute atomic E-state index is 3.83. The van der Waals surface area contributed by atoms with E-state index in [2.05, 4.69) is 6.92 Å². The van der Waals surface area contributed by atoms with Gasteiger partial charge in [0.25, 0.3) is 0 Å². The third-order valence-corrected chi connectivity index (χ3v) is 4.10. The summed E-state index contributed by atoms with van der Waals surface area (Å²) < 4.78 is 0.819. The number of hydrogen-bond donors (Lipinski definition) is 0. The fourth-order valence-corrected chi connectivity index (χ4v) is 3.17. The highest BCUT2D eigenvalue weighted by Crippen LogP contribution is 2.33. The molecule has 1 rings (SSSR count). The molecule has 0 spiro atoms. The monoisotopic (exact) mass is 133 g/mol. The summed E-state index contributed by atoms with van der Waals surface area (Å²) in [6.07, 6.45) is 1.09. The minimum absolute atomic E-state index is 0.819. The number of thioether (sulfide) groups is 2. The Balaban J connectivity index is 2.14. The van der Waals surface area contributed by atoms with Crippen LogP contribution in [-0.4, -0.2) is 16.1 Å². The van der Waals surface area contributed by atoms with Gasteiger partial charge in [-0.25, -0.2) is 0 Å². The summed E-state index contributed by atoms with van der Waals surface area (Å²) in [5.41, 5.74) is 0. The lowest BCUT2D eigenvalue weighted by molar-refractivity contribution is 1.19. The molecule has 1 aliphatic rings. The van der Waals surface area contributed by atoms with Gasteiger partial charge in [-0.05, 0) is 6.42 Å². The van der Waals surface area contributed by atoms with Gasteiger partial charge in [0.15, 0.2) is 0 Å². The summed E-state index contributed by atoms with van der Waals surface area (Å²) in [5.74, 6) is 2.68. The van der Waals surface area contributed by atoms with E-state index in [1.165, 1.54) is 11.5 Å². The summed E-state index contributed by atoms with van der Waals surface area (Å²) in [6.45, 7) is 3.83. The zero-order valence-corrected chi connectivity index (χ0v) is 5.86. The molecule has 0 nitrogen and oxygen atoms in total. The average Bonchev–Trinajstić information content (AvgIpc) is 2.14. The summed E-state index contributed by atoms with van der Waals surface area (Å²) >= 11 is 4.09. The highest BCUT2D eigenvalue weighted by Gasteiger charge is 2.12. The van der Waals surface area contributed by atoms with Gasteiger partial charge in [0.05, 0.1) is 4.58 Å². The Morgan fingerprint density at radius 2 is 2.00 bits per heavy atom. The zero-order valence-electron chi connectivity index (χ0n) is 4.22. The lowest BCUT2D eigenvalue weighted by atomic mass is 10.6. The molecular formula is C5H9S2. The fraction of sp³-hybridized carbons (Fsp3) is 0.800. The summed E-state index contributed by atoms with van der Waals surface area (Å²) in [7, 11) is 0. The molecule has 0 aromatic heterocycles. The van der Waals surface area contributed by atoms with Gasteiger partial charge < -0.3 is 0 Å². The van der Waals surface area contributed by atoms with Crippen LogP contribution in [0, 0.1) is 6.92 Å². The predicted octanol–water partition coefficient (Wildman–Crippen LogP) is 2.02. The first-order valence-electron chi connectivity index (χ1n) is 2.46. The highest BCUT2D eigenvalue weighted by atomic mass is 32.2. The van der Waals surface area contributed by atoms with Crippen molar-refractivity contribution in [1.29, 1.82) is 0 Å². The van der Waals surface area contributed by atoms with Crippen LogP contribution < -0.4 is 0 Å². The second-order valence-electron chi connectivity index (χ2n) is 1.46. The van der Waals surface area contributed by atoms with Crippen molar-refractivity contribution in [2.24, 2.45) is 0 Å². The minimum atomic E-state index is 0.819. The quantitative estimate of drug-likeness (QED) is 0.536. The highest BCUT2D eigenvalue weighted by molar-refractivity contribution is 8.20. The van der Waals surface area contributed by atoms with E-state index in [-0.39, 0.29) is 0 Å². The largest absolute Gasteiger partial charge is 0.147 e. The molecule has 0 aromatic carbocycles. The van der Waals surface area contributed by atoms with Crippen LogP contribution in [0.25, 0.3) is 0 Å². The average molecular weight is 133 g/mol. The molecule has 0 bridgehead atoms. The zero-order chi connectivity index (χ0) is 5.11. The van der Waals surface area contributed by atoms with Crippen LogP contribution in [0.1, 0.15) is 6.42 Å². The molecule has 41 valence electrons. The van der Waals surface area contributed by atoms with Crippen molar-refractivity contribution in [3.05, 3.63) is 6.92 Å². The molecule has 0 saturated carbocycles. The fourth-order valence-electron chi connectivity index (χ4n) is 0.574. The number of hydrogen-bond acceptors (Lipinski definition) is 2. The van der Waals surface area contributed by atoms with Crippen molar-refractivity contribution in [2.45, 2.75) is 11.0 Å². The lowest BCUT2D eigenvalue weighted by Gasteiger charge is -1.98. The van der Waals surface area contributed by atoms with Crippen LogP contribution in [0.15, 0.2) is 0 Å². The lowest BCUT2D eigenvalue weighted by Crippen LogP contribution is -1.84. The summed E-state index contributed by atoms with van der Waals surface area (Å²) in [4.78, 5) is 0. The van der Waals surface area contributed by atoms with E-state index in [0.29, 0.717) is 0 Å². The molecule has 1 aliphatic heterocycles. The Kier molecular flexibility index (Phi) is 2.40. The van der Waals surface area contributed by atoms with Gasteiger partial charge >= 0.3 is 0 Å². The second-order valence-corrected chi connectivity index (χ2v) is 4.38. The maximum Gasteiger partial charge on any atom is 0.0503 e. The van der Waals surface area contributed by atoms with Crippen LogP contribution in [0.3, 0.4) is 0 Å². The third-order valence-electron chi connectivity index (χ3n) is 0.927. The SMILES string of the molecule is [CH2]CC1SCCS1. The van der Waals surface area contributed by atoms with Gasteiger partial charge in [-0.1, -0.05) is 6.92 Å². The molecule has 0 unspecified atom stereocenters. The molecule has 0 aromatic rings. The first-order valence-corrected chi connectivity index (χ1v) is 4.55. The van der Waals surface area contributed by atoms with Crippen molar-refractivity contribution >= 4 is 23.5 Å². The van der Waals surface area contributed by atoms with E-state index in [9.17, 15) is 0 Å². The molecule has 0 aliphatic carbocycles. The van der Waals surface area contributed by atoms with E-state index in [0.717, 1.165) is 11.0 Å². The van der Waals surface area contributed by atoms with Crippen molar-refractivity contribution in [3.8, 4) is 0 Å². The molecular weight excluding hydrogens is 124 g/mol.